The summed E-state index contributed by atoms with van der Waals surface area (Å²) in [6.45, 7) is 6.70. The lowest BCUT2D eigenvalue weighted by atomic mass is 9.79. The molecule has 2 heterocycles. The van der Waals surface area contributed by atoms with Gasteiger partial charge in [0, 0.05) is 43.8 Å². The number of anilines is 1. The van der Waals surface area contributed by atoms with E-state index in [4.69, 9.17) is 4.74 Å². The number of benzene rings is 1. The van der Waals surface area contributed by atoms with Gasteiger partial charge < -0.3 is 15.0 Å². The standard InChI is InChI=1S/C24H35N3O3/c1-2-19-8-4-5-9-21(19)27-17-20(16-22(27)28)23(29)25-18-24(10-6-3-7-11-24)26-12-14-30-15-13-26/h4-5,8-9,20H,2-3,6-7,10-18H2,1H3,(H,25,29)/t20-/m0/s1. The van der Waals surface area contributed by atoms with Crippen molar-refractivity contribution >= 4 is 17.5 Å². The predicted molar refractivity (Wildman–Crippen MR) is 117 cm³/mol. The topological polar surface area (TPSA) is 61.9 Å². The Morgan fingerprint density at radius 2 is 1.90 bits per heavy atom. The van der Waals surface area contributed by atoms with E-state index < -0.39 is 0 Å². The van der Waals surface area contributed by atoms with Gasteiger partial charge in [-0.15, -0.1) is 0 Å². The van der Waals surface area contributed by atoms with Crippen molar-refractivity contribution in [2.45, 2.75) is 57.4 Å². The first-order chi connectivity index (χ1) is 14.6. The highest BCUT2D eigenvalue weighted by Crippen LogP contribution is 2.34. The van der Waals surface area contributed by atoms with E-state index in [0.29, 0.717) is 19.5 Å². The first kappa shape index (κ1) is 21.3. The van der Waals surface area contributed by atoms with E-state index in [0.717, 1.165) is 56.8 Å². The van der Waals surface area contributed by atoms with Crippen LogP contribution in [0.4, 0.5) is 5.69 Å². The summed E-state index contributed by atoms with van der Waals surface area (Å²) in [7, 11) is 0. The molecule has 0 unspecified atom stereocenters. The first-order valence-corrected chi connectivity index (χ1v) is 11.6. The molecule has 30 heavy (non-hydrogen) atoms. The van der Waals surface area contributed by atoms with E-state index in [9.17, 15) is 9.59 Å². The van der Waals surface area contributed by atoms with Crippen LogP contribution in [-0.2, 0) is 20.7 Å². The molecule has 2 saturated heterocycles. The summed E-state index contributed by atoms with van der Waals surface area (Å²) < 4.78 is 5.55. The lowest BCUT2D eigenvalue weighted by molar-refractivity contribution is -0.127. The Balaban J connectivity index is 1.40. The summed E-state index contributed by atoms with van der Waals surface area (Å²) in [5.74, 6) is -0.192. The summed E-state index contributed by atoms with van der Waals surface area (Å²) >= 11 is 0. The molecule has 1 N–H and O–H groups in total. The number of para-hydroxylation sites is 1. The number of nitrogens with zero attached hydrogens (tertiary/aromatic N) is 2. The van der Waals surface area contributed by atoms with Crippen LogP contribution in [0.15, 0.2) is 24.3 Å². The Morgan fingerprint density at radius 1 is 1.17 bits per heavy atom. The molecule has 164 valence electrons. The predicted octanol–water partition coefficient (Wildman–Crippen LogP) is 2.75. The number of aryl methyl sites for hydroxylation is 1. The van der Waals surface area contributed by atoms with Gasteiger partial charge in [-0.25, -0.2) is 0 Å². The van der Waals surface area contributed by atoms with E-state index in [1.54, 1.807) is 4.90 Å². The van der Waals surface area contributed by atoms with Crippen LogP contribution in [0.5, 0.6) is 0 Å². The van der Waals surface area contributed by atoms with Gasteiger partial charge >= 0.3 is 0 Å². The summed E-state index contributed by atoms with van der Waals surface area (Å²) in [5, 5.41) is 3.25. The monoisotopic (exact) mass is 413 g/mol. The van der Waals surface area contributed by atoms with Gasteiger partial charge in [-0.3, -0.25) is 14.5 Å². The van der Waals surface area contributed by atoms with Gasteiger partial charge in [0.15, 0.2) is 0 Å². The molecule has 3 aliphatic rings. The highest BCUT2D eigenvalue weighted by atomic mass is 16.5. The van der Waals surface area contributed by atoms with Crippen LogP contribution in [0.1, 0.15) is 51.0 Å². The molecule has 0 aromatic heterocycles. The summed E-state index contributed by atoms with van der Waals surface area (Å²) in [4.78, 5) is 30.1. The lowest BCUT2D eigenvalue weighted by Crippen LogP contribution is -2.60. The molecule has 6 heteroatoms. The smallest absolute Gasteiger partial charge is 0.227 e. The maximum atomic E-state index is 13.1. The molecule has 6 nitrogen and oxygen atoms in total. The fraction of sp³-hybridized carbons (Fsp3) is 0.667. The Labute approximate surface area is 179 Å². The molecule has 0 bridgehead atoms. The van der Waals surface area contributed by atoms with Crippen LogP contribution in [0.3, 0.4) is 0 Å². The minimum Gasteiger partial charge on any atom is -0.379 e. The van der Waals surface area contributed by atoms with Crippen LogP contribution in [-0.4, -0.2) is 61.6 Å². The Morgan fingerprint density at radius 3 is 2.63 bits per heavy atom. The number of hydrogen-bond donors (Lipinski definition) is 1. The zero-order valence-corrected chi connectivity index (χ0v) is 18.2. The van der Waals surface area contributed by atoms with E-state index in [1.165, 1.54) is 19.3 Å². The second-order valence-corrected chi connectivity index (χ2v) is 8.99. The molecule has 1 aromatic rings. The van der Waals surface area contributed by atoms with Crippen molar-refractivity contribution in [3.63, 3.8) is 0 Å². The van der Waals surface area contributed by atoms with Crippen molar-refractivity contribution < 1.29 is 14.3 Å². The number of carbonyl (C=O) groups is 2. The average molecular weight is 414 g/mol. The lowest BCUT2D eigenvalue weighted by Gasteiger charge is -2.48. The largest absolute Gasteiger partial charge is 0.379 e. The van der Waals surface area contributed by atoms with Crippen molar-refractivity contribution in [3.8, 4) is 0 Å². The second-order valence-electron chi connectivity index (χ2n) is 8.99. The van der Waals surface area contributed by atoms with Crippen molar-refractivity contribution in [1.29, 1.82) is 0 Å². The quantitative estimate of drug-likeness (QED) is 0.779. The molecular formula is C24H35N3O3. The van der Waals surface area contributed by atoms with Crippen molar-refractivity contribution in [2.24, 2.45) is 5.92 Å². The molecule has 2 aliphatic heterocycles. The zero-order chi connectivity index (χ0) is 21.0. The van der Waals surface area contributed by atoms with Crippen LogP contribution in [0, 0.1) is 5.92 Å². The molecule has 1 saturated carbocycles. The third-order valence-electron chi connectivity index (χ3n) is 7.22. The fourth-order valence-electron chi connectivity index (χ4n) is 5.44. The fourth-order valence-corrected chi connectivity index (χ4v) is 5.44. The molecule has 0 spiro atoms. The molecule has 2 amide bonds. The van der Waals surface area contributed by atoms with Crippen molar-refractivity contribution in [2.75, 3.05) is 44.3 Å². The molecule has 1 atom stereocenters. The number of carbonyl (C=O) groups excluding carboxylic acids is 2. The van der Waals surface area contributed by atoms with E-state index in [2.05, 4.69) is 23.2 Å². The van der Waals surface area contributed by atoms with Crippen LogP contribution >= 0.6 is 0 Å². The van der Waals surface area contributed by atoms with Gasteiger partial charge in [-0.1, -0.05) is 44.4 Å². The number of nitrogens with one attached hydrogen (secondary N) is 1. The summed E-state index contributed by atoms with van der Waals surface area (Å²) in [6.07, 6.45) is 7.16. The Bertz CT molecular complexity index is 754. The molecule has 1 aliphatic carbocycles. The Hall–Kier alpha value is -1.92. The number of amides is 2. The summed E-state index contributed by atoms with van der Waals surface area (Å²) in [5.41, 5.74) is 2.16. The normalized spacial score (nSPS) is 24.8. The minimum absolute atomic E-state index is 0.0260. The highest BCUT2D eigenvalue weighted by molar-refractivity contribution is 6.00. The number of morpholine rings is 1. The van der Waals surface area contributed by atoms with Gasteiger partial charge in [0.25, 0.3) is 0 Å². The van der Waals surface area contributed by atoms with Crippen LogP contribution < -0.4 is 10.2 Å². The second kappa shape index (κ2) is 9.48. The van der Waals surface area contributed by atoms with Gasteiger partial charge in [0.2, 0.25) is 11.8 Å². The molecule has 0 radical (unpaired) electrons. The highest BCUT2D eigenvalue weighted by Gasteiger charge is 2.41. The Kier molecular flexibility index (Phi) is 6.74. The van der Waals surface area contributed by atoms with Crippen LogP contribution in [0.2, 0.25) is 0 Å². The molecular weight excluding hydrogens is 378 g/mol. The number of hydrogen-bond acceptors (Lipinski definition) is 4. The van der Waals surface area contributed by atoms with E-state index in [1.807, 2.05) is 18.2 Å². The third-order valence-corrected chi connectivity index (χ3v) is 7.22. The minimum atomic E-state index is -0.271. The maximum absolute atomic E-state index is 13.1. The molecule has 4 rings (SSSR count). The van der Waals surface area contributed by atoms with Gasteiger partial charge in [0.1, 0.15) is 0 Å². The molecule has 3 fully saturated rings. The average Bonchev–Trinajstić information content (AvgIpc) is 3.20. The number of ether oxygens (including phenoxy) is 1. The summed E-state index contributed by atoms with van der Waals surface area (Å²) in [6, 6.07) is 8.02. The van der Waals surface area contributed by atoms with E-state index in [-0.39, 0.29) is 23.3 Å². The molecule has 1 aromatic carbocycles. The van der Waals surface area contributed by atoms with Crippen molar-refractivity contribution in [1.82, 2.24) is 10.2 Å². The number of rotatable bonds is 6. The SMILES string of the molecule is CCc1ccccc1N1C[C@@H](C(=O)NCC2(N3CCOCC3)CCCCC2)CC1=O. The van der Waals surface area contributed by atoms with Crippen LogP contribution in [0.25, 0.3) is 0 Å². The van der Waals surface area contributed by atoms with Gasteiger partial charge in [-0.05, 0) is 30.9 Å². The van der Waals surface area contributed by atoms with Crippen molar-refractivity contribution in [3.05, 3.63) is 29.8 Å². The van der Waals surface area contributed by atoms with E-state index >= 15 is 0 Å². The van der Waals surface area contributed by atoms with Gasteiger partial charge in [0.05, 0.1) is 19.1 Å². The first-order valence-electron chi connectivity index (χ1n) is 11.6. The maximum Gasteiger partial charge on any atom is 0.227 e. The van der Waals surface area contributed by atoms with Gasteiger partial charge in [-0.2, -0.15) is 0 Å². The third kappa shape index (κ3) is 4.40. The zero-order valence-electron chi connectivity index (χ0n) is 18.2.